The Balaban J connectivity index is 1.63. The van der Waals surface area contributed by atoms with Crippen LogP contribution >= 0.6 is 34.8 Å². The van der Waals surface area contributed by atoms with E-state index in [-0.39, 0.29) is 29.0 Å². The van der Waals surface area contributed by atoms with Crippen molar-refractivity contribution in [2.24, 2.45) is 11.0 Å². The molecular weight excluding hydrogens is 543 g/mol. The number of carbonyl (C=O) groups is 3. The van der Waals surface area contributed by atoms with E-state index in [4.69, 9.17) is 44.3 Å². The van der Waals surface area contributed by atoms with Gasteiger partial charge in [0.25, 0.3) is 17.7 Å². The molecule has 37 heavy (non-hydrogen) atoms. The fraction of sp³-hybridized carbons (Fsp3) is 0.360. The van der Waals surface area contributed by atoms with Crippen molar-refractivity contribution in [3.63, 3.8) is 0 Å². The number of rotatable bonds is 9. The third-order valence-corrected chi connectivity index (χ3v) is 6.46. The van der Waals surface area contributed by atoms with Gasteiger partial charge in [0, 0.05) is 29.2 Å². The van der Waals surface area contributed by atoms with Crippen molar-refractivity contribution in [1.29, 1.82) is 0 Å². The maximum absolute atomic E-state index is 12.8. The lowest BCUT2D eigenvalue weighted by Gasteiger charge is -2.26. The third kappa shape index (κ3) is 8.33. The van der Waals surface area contributed by atoms with Crippen LogP contribution in [0, 0.1) is 5.92 Å². The molecule has 0 radical (unpaired) electrons. The van der Waals surface area contributed by atoms with E-state index >= 15 is 0 Å². The second-order valence-corrected chi connectivity index (χ2v) is 9.77. The Morgan fingerprint density at radius 2 is 1.81 bits per heavy atom. The molecule has 1 aliphatic heterocycles. The molecule has 0 bridgehead atoms. The minimum atomic E-state index is -0.875. The summed E-state index contributed by atoms with van der Waals surface area (Å²) in [6.07, 6.45) is 1.36. The Labute approximate surface area is 230 Å². The lowest BCUT2D eigenvalue weighted by Crippen LogP contribution is -2.48. The molecule has 0 aromatic heterocycles. The van der Waals surface area contributed by atoms with Crippen LogP contribution in [-0.4, -0.2) is 67.8 Å². The van der Waals surface area contributed by atoms with E-state index in [1.54, 1.807) is 36.9 Å². The highest BCUT2D eigenvalue weighted by atomic mass is 35.5. The molecule has 0 aliphatic carbocycles. The monoisotopic (exact) mass is 568 g/mol. The molecule has 12 heteroatoms. The molecule has 198 valence electrons. The zero-order valence-electron chi connectivity index (χ0n) is 20.3. The van der Waals surface area contributed by atoms with E-state index in [2.05, 4.69) is 15.8 Å². The highest BCUT2D eigenvalue weighted by Gasteiger charge is 2.25. The first-order valence-corrected chi connectivity index (χ1v) is 12.7. The van der Waals surface area contributed by atoms with Crippen molar-refractivity contribution in [2.45, 2.75) is 19.9 Å². The van der Waals surface area contributed by atoms with E-state index in [0.717, 1.165) is 0 Å². The number of hydrogen-bond donors (Lipinski definition) is 2. The second kappa shape index (κ2) is 13.6. The lowest BCUT2D eigenvalue weighted by molar-refractivity contribution is -0.137. The van der Waals surface area contributed by atoms with Gasteiger partial charge >= 0.3 is 0 Å². The van der Waals surface area contributed by atoms with Crippen molar-refractivity contribution in [1.82, 2.24) is 15.6 Å². The van der Waals surface area contributed by atoms with Crippen LogP contribution in [0.5, 0.6) is 5.75 Å². The number of ether oxygens (including phenoxy) is 2. The molecule has 0 spiro atoms. The summed E-state index contributed by atoms with van der Waals surface area (Å²) in [4.78, 5) is 39.5. The molecule has 0 saturated carbocycles. The van der Waals surface area contributed by atoms with Crippen LogP contribution in [0.25, 0.3) is 0 Å². The predicted molar refractivity (Wildman–Crippen MR) is 143 cm³/mol. The van der Waals surface area contributed by atoms with Gasteiger partial charge in [0.15, 0.2) is 6.61 Å². The molecule has 1 aliphatic rings. The van der Waals surface area contributed by atoms with Crippen LogP contribution in [0.4, 0.5) is 0 Å². The van der Waals surface area contributed by atoms with Crippen LogP contribution in [0.15, 0.2) is 41.5 Å². The highest BCUT2D eigenvalue weighted by Crippen LogP contribution is 2.23. The van der Waals surface area contributed by atoms with Crippen LogP contribution in [0.3, 0.4) is 0 Å². The van der Waals surface area contributed by atoms with E-state index in [0.29, 0.717) is 47.7 Å². The van der Waals surface area contributed by atoms with E-state index in [9.17, 15) is 14.4 Å². The number of hydrogen-bond acceptors (Lipinski definition) is 6. The van der Waals surface area contributed by atoms with Gasteiger partial charge < -0.3 is 19.7 Å². The Kier molecular flexibility index (Phi) is 10.6. The first-order chi connectivity index (χ1) is 17.7. The van der Waals surface area contributed by atoms with Crippen LogP contribution in [0.1, 0.15) is 29.8 Å². The lowest BCUT2D eigenvalue weighted by atomic mass is 10.0. The number of hydrazone groups is 1. The summed E-state index contributed by atoms with van der Waals surface area (Å²) in [5.41, 5.74) is 3.16. The number of morpholine rings is 1. The summed E-state index contributed by atoms with van der Waals surface area (Å²) in [5.74, 6) is -1.03. The van der Waals surface area contributed by atoms with Crippen LogP contribution in [0.2, 0.25) is 15.1 Å². The molecule has 1 saturated heterocycles. The number of benzene rings is 2. The maximum atomic E-state index is 12.8. The summed E-state index contributed by atoms with van der Waals surface area (Å²) in [6, 6.07) is 8.41. The average molecular weight is 570 g/mol. The molecule has 1 heterocycles. The molecule has 1 fully saturated rings. The number of amides is 3. The summed E-state index contributed by atoms with van der Waals surface area (Å²) in [6.45, 7) is 5.44. The SMILES string of the molecule is CC(C)C(NC(=O)c1ccc(Cl)c(Cl)c1)C(=O)NN=Cc1cc(Cl)ccc1OCC(=O)N1CCOCC1. The topological polar surface area (TPSA) is 109 Å². The molecule has 9 nitrogen and oxygen atoms in total. The van der Waals surface area contributed by atoms with E-state index in [1.165, 1.54) is 24.4 Å². The van der Waals surface area contributed by atoms with Gasteiger partial charge in [0.1, 0.15) is 11.8 Å². The van der Waals surface area contributed by atoms with Crippen molar-refractivity contribution in [2.75, 3.05) is 32.9 Å². The number of carbonyl (C=O) groups excluding carboxylic acids is 3. The van der Waals surface area contributed by atoms with Crippen molar-refractivity contribution in [3.05, 3.63) is 62.6 Å². The van der Waals surface area contributed by atoms with E-state index in [1.807, 2.05) is 0 Å². The van der Waals surface area contributed by atoms with Gasteiger partial charge in [0.05, 0.1) is 29.5 Å². The quantitative estimate of drug-likeness (QED) is 0.353. The summed E-state index contributed by atoms with van der Waals surface area (Å²) >= 11 is 18.0. The standard InChI is InChI=1S/C25H27Cl3N4O5/c1-15(2)23(30-24(34)16-3-5-19(27)20(28)12-16)25(35)31-29-13-17-11-18(26)4-6-21(17)37-14-22(33)32-7-9-36-10-8-32/h3-6,11-13,15,23H,7-10,14H2,1-2H3,(H,30,34)(H,31,35). The fourth-order valence-electron chi connectivity index (χ4n) is 3.43. The van der Waals surface area contributed by atoms with Crippen LogP contribution in [-0.2, 0) is 14.3 Å². The van der Waals surface area contributed by atoms with Gasteiger partial charge in [-0.25, -0.2) is 5.43 Å². The van der Waals surface area contributed by atoms with Gasteiger partial charge in [-0.15, -0.1) is 0 Å². The molecule has 2 aromatic carbocycles. The number of nitrogens with one attached hydrogen (secondary N) is 2. The van der Waals surface area contributed by atoms with Crippen molar-refractivity contribution >= 4 is 58.7 Å². The largest absolute Gasteiger partial charge is 0.483 e. The summed E-state index contributed by atoms with van der Waals surface area (Å²) in [7, 11) is 0. The molecule has 2 aromatic rings. The van der Waals surface area contributed by atoms with Gasteiger partial charge in [-0.3, -0.25) is 14.4 Å². The van der Waals surface area contributed by atoms with E-state index < -0.39 is 17.9 Å². The molecule has 2 N–H and O–H groups in total. The first-order valence-electron chi connectivity index (χ1n) is 11.5. The zero-order valence-corrected chi connectivity index (χ0v) is 22.6. The maximum Gasteiger partial charge on any atom is 0.262 e. The highest BCUT2D eigenvalue weighted by molar-refractivity contribution is 6.42. The molecule has 3 rings (SSSR count). The Morgan fingerprint density at radius 3 is 2.49 bits per heavy atom. The van der Waals surface area contributed by atoms with Crippen molar-refractivity contribution < 1.29 is 23.9 Å². The minimum Gasteiger partial charge on any atom is -0.483 e. The Bertz CT molecular complexity index is 1170. The van der Waals surface area contributed by atoms with Gasteiger partial charge in [-0.05, 0) is 42.3 Å². The summed E-state index contributed by atoms with van der Waals surface area (Å²) in [5, 5.41) is 7.67. The Hall–Kier alpha value is -2.85. The smallest absolute Gasteiger partial charge is 0.262 e. The predicted octanol–water partition coefficient (Wildman–Crippen LogP) is 3.79. The van der Waals surface area contributed by atoms with Gasteiger partial charge in [-0.2, -0.15) is 5.10 Å². The summed E-state index contributed by atoms with van der Waals surface area (Å²) < 4.78 is 11.0. The number of nitrogens with zero attached hydrogens (tertiary/aromatic N) is 2. The second-order valence-electron chi connectivity index (χ2n) is 8.52. The van der Waals surface area contributed by atoms with Gasteiger partial charge in [0.2, 0.25) is 0 Å². The third-order valence-electron chi connectivity index (χ3n) is 5.48. The van der Waals surface area contributed by atoms with Crippen LogP contribution < -0.4 is 15.5 Å². The van der Waals surface area contributed by atoms with Gasteiger partial charge in [-0.1, -0.05) is 48.7 Å². The first kappa shape index (κ1) is 28.7. The Morgan fingerprint density at radius 1 is 1.08 bits per heavy atom. The molecule has 1 atom stereocenters. The fourth-order valence-corrected chi connectivity index (χ4v) is 3.91. The normalized spacial score (nSPS) is 14.5. The zero-order chi connectivity index (χ0) is 26.9. The molecule has 3 amide bonds. The molecular formula is C25H27Cl3N4O5. The van der Waals surface area contributed by atoms with Crippen molar-refractivity contribution in [3.8, 4) is 5.75 Å². The molecule has 1 unspecified atom stereocenters. The minimum absolute atomic E-state index is 0.160. The average Bonchev–Trinajstić information content (AvgIpc) is 2.88. The number of halogens is 3.